The molecule has 0 aliphatic carbocycles. The Morgan fingerprint density at radius 2 is 2.13 bits per heavy atom. The fraction of sp³-hybridized carbons (Fsp3) is 0.0909. The Labute approximate surface area is 91.3 Å². The lowest BCUT2D eigenvalue weighted by atomic mass is 10.2. The van der Waals surface area contributed by atoms with E-state index >= 15 is 0 Å². The van der Waals surface area contributed by atoms with Crippen molar-refractivity contribution in [3.8, 4) is 0 Å². The normalized spacial score (nSPS) is 11.3. The molecule has 0 saturated carbocycles. The van der Waals surface area contributed by atoms with Crippen LogP contribution in [0.5, 0.6) is 0 Å². The van der Waals surface area contributed by atoms with E-state index in [1.165, 1.54) is 5.56 Å². The summed E-state index contributed by atoms with van der Waals surface area (Å²) in [6, 6.07) is 7.83. The zero-order valence-electron chi connectivity index (χ0n) is 8.11. The van der Waals surface area contributed by atoms with Crippen molar-refractivity contribution >= 4 is 28.2 Å². The largest absolute Gasteiger partial charge is 0.221 e. The molecule has 0 aliphatic heterocycles. The summed E-state index contributed by atoms with van der Waals surface area (Å²) in [5.74, 6) is 0. The zero-order valence-corrected chi connectivity index (χ0v) is 8.86. The van der Waals surface area contributed by atoms with E-state index in [1.807, 2.05) is 25.3 Å². The van der Waals surface area contributed by atoms with Gasteiger partial charge in [-0.15, -0.1) is 0 Å². The smallest absolute Gasteiger partial charge is 0.164 e. The molecule has 0 fully saturated rings. The molecule has 0 spiro atoms. The minimum absolute atomic E-state index is 0.491. The number of fused-ring (bicyclic) bond motifs is 3. The lowest BCUT2D eigenvalue weighted by Crippen LogP contribution is -1.87. The zero-order chi connectivity index (χ0) is 10.4. The summed E-state index contributed by atoms with van der Waals surface area (Å²) in [5, 5.41) is 5.92. The van der Waals surface area contributed by atoms with Gasteiger partial charge in [-0.05, 0) is 25.1 Å². The molecule has 0 amide bonds. The number of nitrogens with zero attached hydrogens (tertiary/aromatic N) is 3. The summed E-state index contributed by atoms with van der Waals surface area (Å²) in [6.07, 6.45) is 1.82. The van der Waals surface area contributed by atoms with Crippen LogP contribution >= 0.6 is 11.6 Å². The molecule has 3 aromatic rings. The summed E-state index contributed by atoms with van der Waals surface area (Å²) in [5.41, 5.74) is 2.94. The molecule has 0 unspecified atom stereocenters. The first-order valence-electron chi connectivity index (χ1n) is 4.65. The van der Waals surface area contributed by atoms with Gasteiger partial charge in [0.05, 0.1) is 5.52 Å². The molecule has 0 N–H and O–H groups in total. The molecule has 15 heavy (non-hydrogen) atoms. The minimum atomic E-state index is 0.491. The fourth-order valence-electron chi connectivity index (χ4n) is 1.69. The Bertz CT molecular complexity index is 601. The maximum absolute atomic E-state index is 5.86. The van der Waals surface area contributed by atoms with E-state index < -0.39 is 0 Å². The summed E-state index contributed by atoms with van der Waals surface area (Å²) < 4.78 is 1.75. The predicted octanol–water partition coefficient (Wildman–Crippen LogP) is 2.84. The Morgan fingerprint density at radius 3 is 3.00 bits per heavy atom. The van der Waals surface area contributed by atoms with Crippen molar-refractivity contribution in [3.63, 3.8) is 0 Å². The standard InChI is InChI=1S/C11H8ClN3/c1-7-2-3-9-8(6-7)11-13-10(12)4-5-15(11)14-9/h2-6H,1H3. The topological polar surface area (TPSA) is 30.2 Å². The fourth-order valence-corrected chi connectivity index (χ4v) is 1.83. The number of rotatable bonds is 0. The molecule has 74 valence electrons. The van der Waals surface area contributed by atoms with Gasteiger partial charge >= 0.3 is 0 Å². The highest BCUT2D eigenvalue weighted by Crippen LogP contribution is 2.20. The van der Waals surface area contributed by atoms with Gasteiger partial charge in [-0.2, -0.15) is 5.10 Å². The summed E-state index contributed by atoms with van der Waals surface area (Å²) in [6.45, 7) is 2.05. The van der Waals surface area contributed by atoms with E-state index in [-0.39, 0.29) is 0 Å². The first-order valence-corrected chi connectivity index (χ1v) is 5.03. The number of halogens is 1. The van der Waals surface area contributed by atoms with Crippen LogP contribution in [-0.2, 0) is 0 Å². The van der Waals surface area contributed by atoms with Gasteiger partial charge in [-0.25, -0.2) is 9.50 Å². The van der Waals surface area contributed by atoms with Crippen molar-refractivity contribution in [2.75, 3.05) is 0 Å². The molecule has 0 bridgehead atoms. The van der Waals surface area contributed by atoms with Crippen LogP contribution in [0.3, 0.4) is 0 Å². The molecular weight excluding hydrogens is 210 g/mol. The molecule has 3 rings (SSSR count). The van der Waals surface area contributed by atoms with E-state index in [9.17, 15) is 0 Å². The van der Waals surface area contributed by atoms with Crippen LogP contribution in [0.4, 0.5) is 0 Å². The van der Waals surface area contributed by atoms with Gasteiger partial charge in [0.25, 0.3) is 0 Å². The monoisotopic (exact) mass is 217 g/mol. The quantitative estimate of drug-likeness (QED) is 0.542. The van der Waals surface area contributed by atoms with Crippen molar-refractivity contribution in [3.05, 3.63) is 41.2 Å². The third-order valence-corrected chi connectivity index (χ3v) is 2.60. The molecular formula is C11H8ClN3. The van der Waals surface area contributed by atoms with Crippen LogP contribution in [-0.4, -0.2) is 14.6 Å². The molecule has 0 atom stereocenters. The number of benzene rings is 1. The molecule has 3 nitrogen and oxygen atoms in total. The van der Waals surface area contributed by atoms with E-state index in [0.29, 0.717) is 5.15 Å². The Morgan fingerprint density at radius 1 is 1.27 bits per heavy atom. The highest BCUT2D eigenvalue weighted by molar-refractivity contribution is 6.29. The lowest BCUT2D eigenvalue weighted by Gasteiger charge is -1.93. The van der Waals surface area contributed by atoms with Crippen LogP contribution in [0.1, 0.15) is 5.56 Å². The second-order valence-electron chi connectivity index (χ2n) is 3.54. The highest BCUT2D eigenvalue weighted by Gasteiger charge is 2.06. The Hall–Kier alpha value is -1.61. The van der Waals surface area contributed by atoms with Gasteiger partial charge in [-0.1, -0.05) is 23.2 Å². The van der Waals surface area contributed by atoms with E-state index in [0.717, 1.165) is 16.6 Å². The second kappa shape index (κ2) is 2.94. The van der Waals surface area contributed by atoms with Gasteiger partial charge in [0, 0.05) is 11.6 Å². The minimum Gasteiger partial charge on any atom is -0.221 e. The van der Waals surface area contributed by atoms with E-state index in [4.69, 9.17) is 11.6 Å². The highest BCUT2D eigenvalue weighted by atomic mass is 35.5. The third-order valence-electron chi connectivity index (χ3n) is 2.39. The van der Waals surface area contributed by atoms with Gasteiger partial charge in [0.2, 0.25) is 0 Å². The lowest BCUT2D eigenvalue weighted by molar-refractivity contribution is 0.957. The molecule has 0 saturated heterocycles. The average Bonchev–Trinajstić information content (AvgIpc) is 2.56. The van der Waals surface area contributed by atoms with Gasteiger partial charge in [-0.3, -0.25) is 0 Å². The van der Waals surface area contributed by atoms with Crippen LogP contribution < -0.4 is 0 Å². The van der Waals surface area contributed by atoms with Crippen LogP contribution in [0.15, 0.2) is 30.5 Å². The summed E-state index contributed by atoms with van der Waals surface area (Å²) >= 11 is 5.86. The van der Waals surface area contributed by atoms with Gasteiger partial charge in [0.15, 0.2) is 5.65 Å². The van der Waals surface area contributed by atoms with Crippen LogP contribution in [0.25, 0.3) is 16.6 Å². The molecule has 0 aliphatic rings. The third kappa shape index (κ3) is 1.27. The molecule has 2 heterocycles. The van der Waals surface area contributed by atoms with Crippen molar-refractivity contribution < 1.29 is 0 Å². The maximum Gasteiger partial charge on any atom is 0.164 e. The first kappa shape index (κ1) is 8.68. The predicted molar refractivity (Wildman–Crippen MR) is 60.2 cm³/mol. The van der Waals surface area contributed by atoms with Crippen molar-refractivity contribution in [2.45, 2.75) is 6.92 Å². The molecule has 2 aromatic heterocycles. The van der Waals surface area contributed by atoms with Gasteiger partial charge in [0.1, 0.15) is 5.15 Å². The molecule has 1 aromatic carbocycles. The second-order valence-corrected chi connectivity index (χ2v) is 3.93. The number of hydrogen-bond donors (Lipinski definition) is 0. The first-order chi connectivity index (χ1) is 7.24. The summed E-state index contributed by atoms with van der Waals surface area (Å²) in [4.78, 5) is 4.27. The average molecular weight is 218 g/mol. The maximum atomic E-state index is 5.86. The van der Waals surface area contributed by atoms with Crippen molar-refractivity contribution in [1.82, 2.24) is 14.6 Å². The van der Waals surface area contributed by atoms with Crippen LogP contribution in [0, 0.1) is 6.92 Å². The summed E-state index contributed by atoms with van der Waals surface area (Å²) in [7, 11) is 0. The number of aromatic nitrogens is 3. The van der Waals surface area contributed by atoms with Crippen LogP contribution in [0.2, 0.25) is 5.15 Å². The van der Waals surface area contributed by atoms with Gasteiger partial charge < -0.3 is 0 Å². The van der Waals surface area contributed by atoms with E-state index in [2.05, 4.69) is 16.1 Å². The number of hydrogen-bond acceptors (Lipinski definition) is 2. The molecule has 0 radical (unpaired) electrons. The SMILES string of the molecule is Cc1ccc2nn3ccc(Cl)nc3c2c1. The Balaban J connectivity index is 2.55. The van der Waals surface area contributed by atoms with E-state index in [1.54, 1.807) is 10.6 Å². The number of aryl methyl sites for hydroxylation is 1. The van der Waals surface area contributed by atoms with Crippen molar-refractivity contribution in [2.24, 2.45) is 0 Å². The Kier molecular flexibility index (Phi) is 1.70. The van der Waals surface area contributed by atoms with Crippen molar-refractivity contribution in [1.29, 1.82) is 0 Å². The molecule has 4 heteroatoms.